The molecule has 2 atom stereocenters. The van der Waals surface area contributed by atoms with Gasteiger partial charge in [0.05, 0.1) is 18.5 Å². The number of nitrogen functional groups attached to an aromatic ring is 1. The highest BCUT2D eigenvalue weighted by atomic mass is 19.1. The summed E-state index contributed by atoms with van der Waals surface area (Å²) in [4.78, 5) is 0. The molecule has 0 radical (unpaired) electrons. The van der Waals surface area contributed by atoms with E-state index in [1.54, 1.807) is 6.07 Å². The van der Waals surface area contributed by atoms with Gasteiger partial charge < -0.3 is 15.8 Å². The fourth-order valence-electron chi connectivity index (χ4n) is 2.64. The molecule has 1 aliphatic rings. The van der Waals surface area contributed by atoms with Gasteiger partial charge >= 0.3 is 0 Å². The summed E-state index contributed by atoms with van der Waals surface area (Å²) in [5, 5.41) is 3.41. The Hall–Kier alpha value is -1.45. The Bertz CT molecular complexity index is 423. The third kappa shape index (κ3) is 2.86. The van der Waals surface area contributed by atoms with Crippen molar-refractivity contribution in [1.82, 2.24) is 0 Å². The number of anilines is 2. The summed E-state index contributed by atoms with van der Waals surface area (Å²) in [6.07, 6.45) is 4.81. The van der Waals surface area contributed by atoms with Crippen molar-refractivity contribution >= 4 is 11.4 Å². The molecule has 0 aliphatic heterocycles. The van der Waals surface area contributed by atoms with Crippen LogP contribution in [0.4, 0.5) is 15.8 Å². The van der Waals surface area contributed by atoms with Crippen molar-refractivity contribution in [1.29, 1.82) is 0 Å². The highest BCUT2D eigenvalue weighted by Gasteiger charge is 2.20. The zero-order valence-electron chi connectivity index (χ0n) is 11.0. The number of ether oxygens (including phenoxy) is 1. The monoisotopic (exact) mass is 252 g/mol. The van der Waals surface area contributed by atoms with E-state index in [0.717, 1.165) is 24.4 Å². The Morgan fingerprint density at radius 1 is 1.39 bits per heavy atom. The lowest BCUT2D eigenvalue weighted by molar-refractivity contribution is 0.358. The Labute approximate surface area is 108 Å². The summed E-state index contributed by atoms with van der Waals surface area (Å²) in [5.41, 5.74) is 7.05. The van der Waals surface area contributed by atoms with Gasteiger partial charge in [0.1, 0.15) is 0 Å². The van der Waals surface area contributed by atoms with Crippen LogP contribution in [0.5, 0.6) is 5.75 Å². The highest BCUT2D eigenvalue weighted by molar-refractivity contribution is 5.69. The minimum Gasteiger partial charge on any atom is -0.494 e. The Balaban J connectivity index is 2.13. The number of nitrogens with two attached hydrogens (primary N) is 1. The SMILES string of the molecule is COc1cc(NC2CCCC(C)C2)c(N)cc1F. The molecular weight excluding hydrogens is 231 g/mol. The van der Waals surface area contributed by atoms with Crippen LogP contribution in [0, 0.1) is 11.7 Å². The maximum absolute atomic E-state index is 13.4. The average molecular weight is 252 g/mol. The maximum Gasteiger partial charge on any atom is 0.167 e. The minimum atomic E-state index is -0.419. The molecule has 0 bridgehead atoms. The number of halogens is 1. The van der Waals surface area contributed by atoms with Crippen molar-refractivity contribution in [2.45, 2.75) is 38.6 Å². The van der Waals surface area contributed by atoms with Crippen molar-refractivity contribution in [3.63, 3.8) is 0 Å². The molecule has 1 aromatic carbocycles. The molecule has 1 aliphatic carbocycles. The van der Waals surface area contributed by atoms with E-state index in [-0.39, 0.29) is 5.75 Å². The van der Waals surface area contributed by atoms with Crippen LogP contribution in [-0.2, 0) is 0 Å². The first-order valence-electron chi connectivity index (χ1n) is 6.49. The molecule has 3 N–H and O–H groups in total. The molecule has 100 valence electrons. The second kappa shape index (κ2) is 5.46. The second-order valence-corrected chi connectivity index (χ2v) is 5.19. The van der Waals surface area contributed by atoms with E-state index in [9.17, 15) is 4.39 Å². The number of hydrogen-bond donors (Lipinski definition) is 2. The number of benzene rings is 1. The number of methoxy groups -OCH3 is 1. The Kier molecular flexibility index (Phi) is 3.94. The third-order valence-electron chi connectivity index (χ3n) is 3.62. The van der Waals surface area contributed by atoms with Crippen molar-refractivity contribution in [3.05, 3.63) is 17.9 Å². The Morgan fingerprint density at radius 3 is 2.83 bits per heavy atom. The quantitative estimate of drug-likeness (QED) is 0.810. The van der Waals surface area contributed by atoms with Gasteiger partial charge in [-0.2, -0.15) is 0 Å². The third-order valence-corrected chi connectivity index (χ3v) is 3.62. The van der Waals surface area contributed by atoms with Crippen molar-refractivity contribution in [2.75, 3.05) is 18.2 Å². The van der Waals surface area contributed by atoms with Crippen molar-refractivity contribution < 1.29 is 9.13 Å². The molecule has 3 nitrogen and oxygen atoms in total. The van der Waals surface area contributed by atoms with E-state index < -0.39 is 5.82 Å². The molecule has 0 saturated heterocycles. The van der Waals surface area contributed by atoms with Crippen LogP contribution >= 0.6 is 0 Å². The Morgan fingerprint density at radius 2 is 2.17 bits per heavy atom. The molecular formula is C14H21FN2O. The first-order valence-corrected chi connectivity index (χ1v) is 6.49. The molecule has 2 rings (SSSR count). The highest BCUT2D eigenvalue weighted by Crippen LogP contribution is 2.31. The predicted molar refractivity (Wildman–Crippen MR) is 72.4 cm³/mol. The largest absolute Gasteiger partial charge is 0.494 e. The minimum absolute atomic E-state index is 0.232. The van der Waals surface area contributed by atoms with Gasteiger partial charge in [0, 0.05) is 18.2 Å². The molecule has 1 fully saturated rings. The van der Waals surface area contributed by atoms with Crippen LogP contribution in [0.25, 0.3) is 0 Å². The standard InChI is InChI=1S/C14H21FN2O/c1-9-4-3-5-10(6-9)17-13-8-14(18-2)11(15)7-12(13)16/h7-10,17H,3-6,16H2,1-2H3. The van der Waals surface area contributed by atoms with Crippen LogP contribution in [0.15, 0.2) is 12.1 Å². The fraction of sp³-hybridized carbons (Fsp3) is 0.571. The van der Waals surface area contributed by atoms with E-state index in [1.165, 1.54) is 26.0 Å². The zero-order chi connectivity index (χ0) is 13.1. The molecule has 1 aromatic rings. The van der Waals surface area contributed by atoms with Crippen LogP contribution in [0.3, 0.4) is 0 Å². The second-order valence-electron chi connectivity index (χ2n) is 5.19. The van der Waals surface area contributed by atoms with Crippen LogP contribution in [0.2, 0.25) is 0 Å². The summed E-state index contributed by atoms with van der Waals surface area (Å²) < 4.78 is 18.4. The lowest BCUT2D eigenvalue weighted by Crippen LogP contribution is -2.26. The van der Waals surface area contributed by atoms with E-state index in [0.29, 0.717) is 11.7 Å². The normalized spacial score (nSPS) is 23.7. The van der Waals surface area contributed by atoms with Crippen molar-refractivity contribution in [3.8, 4) is 5.75 Å². The zero-order valence-corrected chi connectivity index (χ0v) is 11.0. The summed E-state index contributed by atoms with van der Waals surface area (Å²) in [6, 6.07) is 3.38. The van der Waals surface area contributed by atoms with Gasteiger partial charge in [0.15, 0.2) is 11.6 Å². The van der Waals surface area contributed by atoms with E-state index >= 15 is 0 Å². The van der Waals surface area contributed by atoms with E-state index in [2.05, 4.69) is 12.2 Å². The number of rotatable bonds is 3. The molecule has 2 unspecified atom stereocenters. The maximum atomic E-state index is 13.4. The molecule has 4 heteroatoms. The summed E-state index contributed by atoms with van der Waals surface area (Å²) in [7, 11) is 1.46. The van der Waals surface area contributed by atoms with Gasteiger partial charge in [-0.3, -0.25) is 0 Å². The van der Waals surface area contributed by atoms with E-state index in [4.69, 9.17) is 10.5 Å². The molecule has 1 saturated carbocycles. The van der Waals surface area contributed by atoms with Crippen molar-refractivity contribution in [2.24, 2.45) is 5.92 Å². The molecule has 0 heterocycles. The summed E-state index contributed by atoms with van der Waals surface area (Å²) in [5.74, 6) is 0.549. The summed E-state index contributed by atoms with van der Waals surface area (Å²) >= 11 is 0. The van der Waals surface area contributed by atoms with Gasteiger partial charge in [-0.15, -0.1) is 0 Å². The van der Waals surface area contributed by atoms with Gasteiger partial charge in [-0.05, 0) is 18.8 Å². The lowest BCUT2D eigenvalue weighted by Gasteiger charge is -2.28. The first kappa shape index (κ1) is 13.0. The molecule has 18 heavy (non-hydrogen) atoms. The topological polar surface area (TPSA) is 47.3 Å². The fourth-order valence-corrected chi connectivity index (χ4v) is 2.64. The number of nitrogens with one attached hydrogen (secondary N) is 1. The smallest absolute Gasteiger partial charge is 0.167 e. The molecule has 0 aromatic heterocycles. The number of hydrogen-bond acceptors (Lipinski definition) is 3. The predicted octanol–water partition coefficient (Wildman–Crippen LogP) is 3.41. The van der Waals surface area contributed by atoms with Crippen LogP contribution in [-0.4, -0.2) is 13.2 Å². The average Bonchev–Trinajstić information content (AvgIpc) is 2.33. The van der Waals surface area contributed by atoms with Crippen LogP contribution < -0.4 is 15.8 Å². The van der Waals surface area contributed by atoms with Gasteiger partial charge in [0.2, 0.25) is 0 Å². The molecule has 0 amide bonds. The van der Waals surface area contributed by atoms with Gasteiger partial charge in [-0.1, -0.05) is 19.8 Å². The lowest BCUT2D eigenvalue weighted by atomic mass is 9.87. The first-order chi connectivity index (χ1) is 8.60. The van der Waals surface area contributed by atoms with Gasteiger partial charge in [0.25, 0.3) is 0 Å². The summed E-state index contributed by atoms with van der Waals surface area (Å²) in [6.45, 7) is 2.27. The molecule has 0 spiro atoms. The van der Waals surface area contributed by atoms with E-state index in [1.807, 2.05) is 0 Å². The van der Waals surface area contributed by atoms with Gasteiger partial charge in [-0.25, -0.2) is 4.39 Å². The van der Waals surface area contributed by atoms with Crippen LogP contribution in [0.1, 0.15) is 32.6 Å².